The molecule has 0 bridgehead atoms. The Bertz CT molecular complexity index is 704. The molecule has 0 aliphatic carbocycles. The van der Waals surface area contributed by atoms with Crippen LogP contribution >= 0.6 is 11.3 Å². The molecule has 0 spiro atoms. The summed E-state index contributed by atoms with van der Waals surface area (Å²) in [5.74, 6) is 0. The summed E-state index contributed by atoms with van der Waals surface area (Å²) in [6.45, 7) is 0. The summed E-state index contributed by atoms with van der Waals surface area (Å²) in [5.41, 5.74) is 0. The van der Waals surface area contributed by atoms with Gasteiger partial charge < -0.3 is 10.1 Å². The van der Waals surface area contributed by atoms with Crippen LogP contribution in [0.5, 0.6) is 0 Å². The van der Waals surface area contributed by atoms with Crippen LogP contribution in [0, 0.1) is 5.21 Å². The van der Waals surface area contributed by atoms with Crippen molar-refractivity contribution in [1.29, 1.82) is 0 Å². The lowest BCUT2D eigenvalue weighted by atomic mass is 10.3. The monoisotopic (exact) mass is 285 g/mol. The number of sulfonamides is 1. The van der Waals surface area contributed by atoms with Crippen LogP contribution in [0.4, 0.5) is 0 Å². The maximum atomic E-state index is 11.9. The molecule has 18 heavy (non-hydrogen) atoms. The normalized spacial score (nSPS) is 12.3. The van der Waals surface area contributed by atoms with Gasteiger partial charge in [-0.2, -0.15) is 13.1 Å². The third-order valence-electron chi connectivity index (χ3n) is 2.09. The van der Waals surface area contributed by atoms with Gasteiger partial charge >= 0.3 is 0 Å². The Balaban J connectivity index is 2.48. The van der Waals surface area contributed by atoms with Gasteiger partial charge in [0, 0.05) is 25.5 Å². The number of hydrogen-bond acceptors (Lipinski definition) is 4. The predicted octanol–water partition coefficient (Wildman–Crippen LogP) is 0.813. The summed E-state index contributed by atoms with van der Waals surface area (Å²) in [7, 11) is -0.325. The zero-order valence-corrected chi connectivity index (χ0v) is 11.4. The molecule has 6 nitrogen and oxygen atoms in total. The van der Waals surface area contributed by atoms with Crippen molar-refractivity contribution in [3.63, 3.8) is 0 Å². The second-order valence-corrected chi connectivity index (χ2v) is 6.79. The van der Waals surface area contributed by atoms with Gasteiger partial charge in [0.2, 0.25) is 0 Å². The number of aromatic nitrogens is 1. The van der Waals surface area contributed by atoms with E-state index in [0.717, 1.165) is 11.3 Å². The van der Waals surface area contributed by atoms with Gasteiger partial charge in [-0.1, -0.05) is 0 Å². The number of nitrogens with zero attached hydrogens (tertiary/aromatic N) is 3. The van der Waals surface area contributed by atoms with Crippen LogP contribution in [0.3, 0.4) is 0 Å². The minimum atomic E-state index is -3.70. The van der Waals surface area contributed by atoms with Crippen LogP contribution in [0.2, 0.25) is 0 Å². The third kappa shape index (κ3) is 2.59. The molecule has 2 aromatic rings. The molecule has 0 aliphatic heterocycles. The average Bonchev–Trinajstić information content (AvgIpc) is 2.70. The first-order valence-corrected chi connectivity index (χ1v) is 7.23. The number of thiophene rings is 1. The van der Waals surface area contributed by atoms with Gasteiger partial charge in [-0.3, -0.25) is 0 Å². The highest BCUT2D eigenvalue weighted by Gasteiger charge is 2.17. The molecule has 0 fully saturated rings. The molecule has 96 valence electrons. The first-order chi connectivity index (χ1) is 8.38. The predicted molar refractivity (Wildman–Crippen MR) is 70.1 cm³/mol. The van der Waals surface area contributed by atoms with E-state index in [1.807, 2.05) is 0 Å². The van der Waals surface area contributed by atoms with Crippen molar-refractivity contribution in [2.24, 2.45) is 4.40 Å². The topological polar surface area (TPSA) is 76.7 Å². The molecule has 8 heteroatoms. The lowest BCUT2D eigenvalue weighted by molar-refractivity contribution is -0.603. The van der Waals surface area contributed by atoms with E-state index in [4.69, 9.17) is 0 Å². The van der Waals surface area contributed by atoms with Crippen molar-refractivity contribution in [3.8, 4) is 0 Å². The summed E-state index contributed by atoms with van der Waals surface area (Å²) in [6, 6.07) is 3.09. The van der Waals surface area contributed by atoms with E-state index in [0.29, 0.717) is 14.8 Å². The van der Waals surface area contributed by atoms with E-state index in [-0.39, 0.29) is 4.21 Å². The molecular formula is C10H11N3O3S2. The van der Waals surface area contributed by atoms with E-state index in [2.05, 4.69) is 4.40 Å². The van der Waals surface area contributed by atoms with Gasteiger partial charge in [-0.05, 0) is 6.07 Å². The van der Waals surface area contributed by atoms with Crippen molar-refractivity contribution in [2.75, 3.05) is 14.1 Å². The minimum absolute atomic E-state index is 0.127. The summed E-state index contributed by atoms with van der Waals surface area (Å²) in [4.78, 5) is 1.54. The second kappa shape index (κ2) is 4.54. The Labute approximate surface area is 108 Å². The largest absolute Gasteiger partial charge is 0.619 e. The standard InChI is InChI=1S/C10H11N3O3S2/c1-12(2)7-11-18(15,16)10-5-8-3-4-13(14)6-9(8)17-10/h3-7H,1-2H3. The summed E-state index contributed by atoms with van der Waals surface area (Å²) in [6.07, 6.45) is 3.90. The fraction of sp³-hybridized carbons (Fsp3) is 0.200. The summed E-state index contributed by atoms with van der Waals surface area (Å²) >= 11 is 1.03. The first-order valence-electron chi connectivity index (χ1n) is 4.98. The molecule has 0 atom stereocenters. The molecule has 2 rings (SSSR count). The molecule has 0 aromatic carbocycles. The maximum Gasteiger partial charge on any atom is 0.293 e. The van der Waals surface area contributed by atoms with Crippen LogP contribution in [-0.2, 0) is 10.0 Å². The van der Waals surface area contributed by atoms with Gasteiger partial charge in [0.25, 0.3) is 10.0 Å². The van der Waals surface area contributed by atoms with Crippen molar-refractivity contribution in [3.05, 3.63) is 29.7 Å². The van der Waals surface area contributed by atoms with Gasteiger partial charge in [0.15, 0.2) is 12.4 Å². The van der Waals surface area contributed by atoms with Crippen molar-refractivity contribution < 1.29 is 13.1 Å². The molecule has 0 aliphatic rings. The summed E-state index contributed by atoms with van der Waals surface area (Å²) in [5, 5.41) is 11.8. The minimum Gasteiger partial charge on any atom is -0.619 e. The molecule has 0 N–H and O–H groups in total. The fourth-order valence-corrected chi connectivity index (χ4v) is 3.59. The average molecular weight is 285 g/mol. The Morgan fingerprint density at radius 3 is 2.89 bits per heavy atom. The molecular weight excluding hydrogens is 274 g/mol. The Morgan fingerprint density at radius 1 is 1.50 bits per heavy atom. The SMILES string of the molecule is CN(C)C=NS(=O)(=O)c1cc2cc[n+]([O-])cc2s1. The van der Waals surface area contributed by atoms with Crippen molar-refractivity contribution >= 4 is 37.8 Å². The summed E-state index contributed by atoms with van der Waals surface area (Å²) < 4.78 is 28.7. The van der Waals surface area contributed by atoms with Crippen LogP contribution in [-0.4, -0.2) is 33.8 Å². The molecule has 0 saturated carbocycles. The Kier molecular flexibility index (Phi) is 3.22. The second-order valence-electron chi connectivity index (χ2n) is 3.85. The van der Waals surface area contributed by atoms with Gasteiger partial charge in [0.1, 0.15) is 15.2 Å². The zero-order chi connectivity index (χ0) is 13.3. The smallest absolute Gasteiger partial charge is 0.293 e. The molecule has 0 saturated heterocycles. The third-order valence-corrected chi connectivity index (χ3v) is 4.85. The van der Waals surface area contributed by atoms with Crippen LogP contribution in [0.15, 0.2) is 33.1 Å². The van der Waals surface area contributed by atoms with Gasteiger partial charge in [-0.25, -0.2) is 0 Å². The molecule has 2 heterocycles. The molecule has 0 amide bonds. The highest BCUT2D eigenvalue weighted by Crippen LogP contribution is 2.28. The van der Waals surface area contributed by atoms with E-state index < -0.39 is 10.0 Å². The molecule has 0 radical (unpaired) electrons. The van der Waals surface area contributed by atoms with Gasteiger partial charge in [-0.15, -0.1) is 15.7 Å². The lowest BCUT2D eigenvalue weighted by Crippen LogP contribution is -2.23. The maximum absolute atomic E-state index is 11.9. The Hall–Kier alpha value is -1.67. The van der Waals surface area contributed by atoms with Crippen LogP contribution in [0.25, 0.3) is 10.1 Å². The molecule has 2 aromatic heterocycles. The van der Waals surface area contributed by atoms with Gasteiger partial charge in [0.05, 0.1) is 0 Å². The van der Waals surface area contributed by atoms with Crippen LogP contribution < -0.4 is 4.73 Å². The number of hydrogen-bond donors (Lipinski definition) is 0. The van der Waals surface area contributed by atoms with E-state index in [9.17, 15) is 13.6 Å². The first kappa shape index (κ1) is 12.8. The van der Waals surface area contributed by atoms with Crippen molar-refractivity contribution in [1.82, 2.24) is 4.90 Å². The Morgan fingerprint density at radius 2 is 2.22 bits per heavy atom. The quantitative estimate of drug-likeness (QED) is 0.362. The fourth-order valence-electron chi connectivity index (χ4n) is 1.27. The number of rotatable bonds is 3. The van der Waals surface area contributed by atoms with E-state index in [1.54, 1.807) is 20.2 Å². The lowest BCUT2D eigenvalue weighted by Gasteiger charge is -2.01. The number of pyridine rings is 1. The number of fused-ring (bicyclic) bond motifs is 1. The highest BCUT2D eigenvalue weighted by atomic mass is 32.2. The van der Waals surface area contributed by atoms with E-state index in [1.165, 1.54) is 29.7 Å². The van der Waals surface area contributed by atoms with E-state index >= 15 is 0 Å². The van der Waals surface area contributed by atoms with Crippen molar-refractivity contribution in [2.45, 2.75) is 4.21 Å². The highest BCUT2D eigenvalue weighted by molar-refractivity contribution is 7.92. The molecule has 0 unspecified atom stereocenters. The van der Waals surface area contributed by atoms with Crippen LogP contribution in [0.1, 0.15) is 0 Å². The zero-order valence-electron chi connectivity index (χ0n) is 9.77.